The second-order valence-corrected chi connectivity index (χ2v) is 6.52. The molecule has 0 aromatic heterocycles. The van der Waals surface area contributed by atoms with Crippen molar-refractivity contribution >= 4 is 34.7 Å². The zero-order valence-electron chi connectivity index (χ0n) is 14.2. The topological polar surface area (TPSA) is 58.2 Å². The Labute approximate surface area is 151 Å². The zero-order valence-corrected chi connectivity index (χ0v) is 14.9. The highest BCUT2D eigenvalue weighted by Crippen LogP contribution is 2.27. The van der Waals surface area contributed by atoms with Crippen LogP contribution in [0.4, 0.5) is 11.4 Å². The lowest BCUT2D eigenvalue weighted by Gasteiger charge is -2.12. The molecule has 0 saturated heterocycles. The van der Waals surface area contributed by atoms with Gasteiger partial charge in [-0.3, -0.25) is 9.59 Å². The number of anilines is 2. The van der Waals surface area contributed by atoms with Crippen molar-refractivity contribution in [3.63, 3.8) is 0 Å². The van der Waals surface area contributed by atoms with Crippen molar-refractivity contribution in [2.24, 2.45) is 0 Å². The van der Waals surface area contributed by atoms with Gasteiger partial charge in [-0.2, -0.15) is 0 Å². The molecular formula is C20H19ClN2O2. The van der Waals surface area contributed by atoms with Crippen molar-refractivity contribution in [2.45, 2.75) is 26.7 Å². The van der Waals surface area contributed by atoms with Crippen molar-refractivity contribution in [3.05, 3.63) is 69.9 Å². The summed E-state index contributed by atoms with van der Waals surface area (Å²) in [5, 5.41) is 6.46. The number of rotatable bonds is 4. The average Bonchev–Trinajstić information content (AvgIpc) is 2.89. The number of allylic oxidation sites excluding steroid dienone is 2. The van der Waals surface area contributed by atoms with Gasteiger partial charge in [-0.15, -0.1) is 0 Å². The van der Waals surface area contributed by atoms with Gasteiger partial charge in [0.2, 0.25) is 0 Å². The van der Waals surface area contributed by atoms with Crippen LogP contribution in [0, 0.1) is 6.92 Å². The molecule has 0 fully saturated rings. The Hall–Kier alpha value is -2.59. The van der Waals surface area contributed by atoms with Crippen molar-refractivity contribution < 1.29 is 9.59 Å². The van der Waals surface area contributed by atoms with Gasteiger partial charge in [-0.25, -0.2) is 0 Å². The van der Waals surface area contributed by atoms with Crippen molar-refractivity contribution in [2.75, 3.05) is 10.6 Å². The monoisotopic (exact) mass is 354 g/mol. The molecule has 3 rings (SSSR count). The third kappa shape index (κ3) is 3.74. The standard InChI is InChI=1S/C20H19ClN2O2/c1-12-5-3-4-6-17(12)23-20(25)15-8-7-14(11-16(15)21)22-18-9-10-19(24)13(18)2/h3-8,11,22H,9-10H2,1-2H3,(H,23,25). The van der Waals surface area contributed by atoms with E-state index in [1.807, 2.05) is 38.1 Å². The van der Waals surface area contributed by atoms with Gasteiger partial charge in [0.05, 0.1) is 10.6 Å². The highest BCUT2D eigenvalue weighted by Gasteiger charge is 2.19. The Morgan fingerprint density at radius 3 is 2.48 bits per heavy atom. The normalized spacial score (nSPS) is 14.0. The van der Waals surface area contributed by atoms with E-state index in [2.05, 4.69) is 10.6 Å². The van der Waals surface area contributed by atoms with Gasteiger partial charge in [0, 0.05) is 29.1 Å². The minimum atomic E-state index is -0.253. The van der Waals surface area contributed by atoms with Gasteiger partial charge in [-0.05, 0) is 50.1 Å². The number of carbonyl (C=O) groups excluding carboxylic acids is 2. The molecule has 128 valence electrons. The minimum Gasteiger partial charge on any atom is -0.359 e. The SMILES string of the molecule is CC1=C(Nc2ccc(C(=O)Nc3ccccc3C)c(Cl)c2)CCC1=O. The lowest BCUT2D eigenvalue weighted by molar-refractivity contribution is -0.114. The number of Topliss-reactive ketones (excluding diaryl/α,β-unsaturated/α-hetero) is 1. The van der Waals surface area contributed by atoms with E-state index in [0.717, 1.165) is 28.2 Å². The van der Waals surface area contributed by atoms with Crippen LogP contribution in [0.15, 0.2) is 53.7 Å². The van der Waals surface area contributed by atoms with Crippen LogP contribution in [-0.2, 0) is 4.79 Å². The number of ketones is 1. The van der Waals surface area contributed by atoms with E-state index in [1.165, 1.54) is 0 Å². The summed E-state index contributed by atoms with van der Waals surface area (Å²) in [4.78, 5) is 24.1. The largest absolute Gasteiger partial charge is 0.359 e. The predicted molar refractivity (Wildman–Crippen MR) is 101 cm³/mol. The maximum Gasteiger partial charge on any atom is 0.257 e. The molecule has 0 aliphatic heterocycles. The number of nitrogens with one attached hydrogen (secondary N) is 2. The molecule has 0 spiro atoms. The highest BCUT2D eigenvalue weighted by molar-refractivity contribution is 6.34. The van der Waals surface area contributed by atoms with E-state index < -0.39 is 0 Å². The average molecular weight is 355 g/mol. The van der Waals surface area contributed by atoms with E-state index in [4.69, 9.17) is 11.6 Å². The Morgan fingerprint density at radius 2 is 1.84 bits per heavy atom. The van der Waals surface area contributed by atoms with E-state index in [9.17, 15) is 9.59 Å². The Bertz CT molecular complexity index is 887. The summed E-state index contributed by atoms with van der Waals surface area (Å²) in [6, 6.07) is 12.8. The van der Waals surface area contributed by atoms with Crippen molar-refractivity contribution in [3.8, 4) is 0 Å². The van der Waals surface area contributed by atoms with Crippen LogP contribution >= 0.6 is 11.6 Å². The Kier molecular flexibility index (Phi) is 4.91. The first-order chi connectivity index (χ1) is 12.0. The summed E-state index contributed by atoms with van der Waals surface area (Å²) in [5.41, 5.74) is 4.59. The highest BCUT2D eigenvalue weighted by atomic mass is 35.5. The molecule has 1 amide bonds. The summed E-state index contributed by atoms with van der Waals surface area (Å²) < 4.78 is 0. The fourth-order valence-electron chi connectivity index (χ4n) is 2.79. The van der Waals surface area contributed by atoms with Gasteiger partial charge < -0.3 is 10.6 Å². The third-order valence-electron chi connectivity index (χ3n) is 4.38. The van der Waals surface area contributed by atoms with Crippen molar-refractivity contribution in [1.29, 1.82) is 0 Å². The molecule has 5 heteroatoms. The molecule has 1 aliphatic rings. The number of aryl methyl sites for hydroxylation is 1. The van der Waals surface area contributed by atoms with Crippen LogP contribution in [0.25, 0.3) is 0 Å². The molecule has 1 aliphatic carbocycles. The van der Waals surface area contributed by atoms with Gasteiger partial charge in [0.15, 0.2) is 5.78 Å². The lowest BCUT2D eigenvalue weighted by atomic mass is 10.1. The molecule has 0 heterocycles. The third-order valence-corrected chi connectivity index (χ3v) is 4.69. The lowest BCUT2D eigenvalue weighted by Crippen LogP contribution is -2.13. The maximum absolute atomic E-state index is 12.5. The number of para-hydroxylation sites is 1. The first kappa shape index (κ1) is 17.2. The van der Waals surface area contributed by atoms with E-state index in [-0.39, 0.29) is 11.7 Å². The number of halogens is 1. The van der Waals surface area contributed by atoms with Crippen LogP contribution < -0.4 is 10.6 Å². The van der Waals surface area contributed by atoms with Crippen LogP contribution in [0.3, 0.4) is 0 Å². The number of amides is 1. The number of hydrogen-bond acceptors (Lipinski definition) is 3. The molecule has 4 nitrogen and oxygen atoms in total. The smallest absolute Gasteiger partial charge is 0.257 e. The summed E-state index contributed by atoms with van der Waals surface area (Å²) >= 11 is 6.30. The van der Waals surface area contributed by atoms with Crippen LogP contribution in [-0.4, -0.2) is 11.7 Å². The Morgan fingerprint density at radius 1 is 1.08 bits per heavy atom. The maximum atomic E-state index is 12.5. The molecule has 0 unspecified atom stereocenters. The molecule has 0 radical (unpaired) electrons. The van der Waals surface area contributed by atoms with Crippen LogP contribution in [0.5, 0.6) is 0 Å². The van der Waals surface area contributed by atoms with Gasteiger partial charge >= 0.3 is 0 Å². The zero-order chi connectivity index (χ0) is 18.0. The van der Waals surface area contributed by atoms with Crippen molar-refractivity contribution in [1.82, 2.24) is 0 Å². The second-order valence-electron chi connectivity index (χ2n) is 6.12. The first-order valence-corrected chi connectivity index (χ1v) is 8.50. The molecule has 0 saturated carbocycles. The molecule has 25 heavy (non-hydrogen) atoms. The minimum absolute atomic E-state index is 0.169. The van der Waals surface area contributed by atoms with Gasteiger partial charge in [0.25, 0.3) is 5.91 Å². The Balaban J connectivity index is 1.77. The van der Waals surface area contributed by atoms with Crippen LogP contribution in [0.1, 0.15) is 35.7 Å². The second kappa shape index (κ2) is 7.11. The summed E-state index contributed by atoms with van der Waals surface area (Å²) in [7, 11) is 0. The summed E-state index contributed by atoms with van der Waals surface area (Å²) in [6.45, 7) is 3.76. The fourth-order valence-corrected chi connectivity index (χ4v) is 3.06. The summed E-state index contributed by atoms with van der Waals surface area (Å²) in [6.07, 6.45) is 1.25. The predicted octanol–water partition coefficient (Wildman–Crippen LogP) is 4.95. The fraction of sp³-hybridized carbons (Fsp3) is 0.200. The molecule has 2 aromatic carbocycles. The van der Waals surface area contributed by atoms with E-state index >= 15 is 0 Å². The van der Waals surface area contributed by atoms with Crippen LogP contribution in [0.2, 0.25) is 5.02 Å². The molecular weight excluding hydrogens is 336 g/mol. The van der Waals surface area contributed by atoms with Gasteiger partial charge in [-0.1, -0.05) is 29.8 Å². The molecule has 2 aromatic rings. The number of carbonyl (C=O) groups is 2. The molecule has 2 N–H and O–H groups in total. The first-order valence-electron chi connectivity index (χ1n) is 8.12. The van der Waals surface area contributed by atoms with Gasteiger partial charge in [0.1, 0.15) is 0 Å². The quantitative estimate of drug-likeness (QED) is 0.816. The molecule has 0 bridgehead atoms. The number of hydrogen-bond donors (Lipinski definition) is 2. The number of benzene rings is 2. The summed E-state index contributed by atoms with van der Waals surface area (Å²) in [5.74, 6) is -0.0832. The van der Waals surface area contributed by atoms with E-state index in [0.29, 0.717) is 23.4 Å². The molecule has 0 atom stereocenters. The van der Waals surface area contributed by atoms with E-state index in [1.54, 1.807) is 18.2 Å².